The number of carbonyl (C=O) groups is 2. The molecule has 3 fully saturated rings. The molecule has 3 aliphatic rings. The molecule has 1 aromatic carbocycles. The van der Waals surface area contributed by atoms with E-state index in [-0.39, 0.29) is 22.6 Å². The van der Waals surface area contributed by atoms with E-state index in [0.29, 0.717) is 32.0 Å². The molecule has 1 saturated heterocycles. The first-order valence-electron chi connectivity index (χ1n) is 9.59. The first kappa shape index (κ1) is 19.4. The molecular weight excluding hydrogens is 384 g/mol. The predicted molar refractivity (Wildman–Crippen MR) is 100 cm³/mol. The number of nitrogens with one attached hydrogen (secondary N) is 1. The summed E-state index contributed by atoms with van der Waals surface area (Å²) in [6, 6.07) is 6.14. The SMILES string of the molecule is O=C(O)[C@@H]1[C@@H]2CC[C@@H](C2)[C@@H]1C(=O)Nc1cccc(S(=O)(=O)N2CCOCC2)c1. The van der Waals surface area contributed by atoms with Crippen LogP contribution in [0.25, 0.3) is 0 Å². The summed E-state index contributed by atoms with van der Waals surface area (Å²) in [7, 11) is -3.66. The van der Waals surface area contributed by atoms with Crippen molar-refractivity contribution in [2.24, 2.45) is 23.7 Å². The molecule has 8 nitrogen and oxygen atoms in total. The van der Waals surface area contributed by atoms with Gasteiger partial charge in [-0.3, -0.25) is 9.59 Å². The highest BCUT2D eigenvalue weighted by Crippen LogP contribution is 2.52. The normalized spacial score (nSPS) is 30.3. The minimum Gasteiger partial charge on any atom is -0.481 e. The largest absolute Gasteiger partial charge is 0.481 e. The summed E-state index contributed by atoms with van der Waals surface area (Å²) in [5.41, 5.74) is 0.367. The van der Waals surface area contributed by atoms with Crippen molar-refractivity contribution in [1.82, 2.24) is 4.31 Å². The van der Waals surface area contributed by atoms with E-state index < -0.39 is 27.8 Å². The summed E-state index contributed by atoms with van der Waals surface area (Å²) in [5.74, 6) is -2.32. The Morgan fingerprint density at radius 2 is 1.79 bits per heavy atom. The van der Waals surface area contributed by atoms with Gasteiger partial charge in [-0.1, -0.05) is 6.07 Å². The number of anilines is 1. The van der Waals surface area contributed by atoms with Gasteiger partial charge in [0.1, 0.15) is 0 Å². The molecule has 1 heterocycles. The fourth-order valence-electron chi connectivity index (χ4n) is 4.92. The van der Waals surface area contributed by atoms with E-state index in [2.05, 4.69) is 5.32 Å². The Labute approximate surface area is 163 Å². The molecule has 2 N–H and O–H groups in total. The molecule has 28 heavy (non-hydrogen) atoms. The number of benzene rings is 1. The number of aliphatic carboxylic acids is 1. The molecule has 152 valence electrons. The van der Waals surface area contributed by atoms with Crippen molar-refractivity contribution < 1.29 is 27.9 Å². The zero-order valence-electron chi connectivity index (χ0n) is 15.4. The molecule has 4 rings (SSSR count). The Bertz CT molecular complexity index is 880. The van der Waals surface area contributed by atoms with E-state index in [1.54, 1.807) is 12.1 Å². The van der Waals surface area contributed by atoms with Crippen LogP contribution in [-0.2, 0) is 24.3 Å². The molecule has 2 bridgehead atoms. The van der Waals surface area contributed by atoms with Crippen molar-refractivity contribution in [2.75, 3.05) is 31.6 Å². The third-order valence-electron chi connectivity index (χ3n) is 6.21. The highest BCUT2D eigenvalue weighted by atomic mass is 32.2. The smallest absolute Gasteiger partial charge is 0.307 e. The average molecular weight is 408 g/mol. The van der Waals surface area contributed by atoms with E-state index >= 15 is 0 Å². The zero-order valence-corrected chi connectivity index (χ0v) is 16.2. The van der Waals surface area contributed by atoms with Gasteiger partial charge < -0.3 is 15.2 Å². The summed E-state index contributed by atoms with van der Waals surface area (Å²) in [4.78, 5) is 24.6. The maximum atomic E-state index is 12.8. The first-order chi connectivity index (χ1) is 13.4. The van der Waals surface area contributed by atoms with E-state index in [1.165, 1.54) is 16.4 Å². The molecule has 4 atom stereocenters. The molecule has 1 aromatic rings. The van der Waals surface area contributed by atoms with Gasteiger partial charge in [0.15, 0.2) is 0 Å². The van der Waals surface area contributed by atoms with Gasteiger partial charge in [0.2, 0.25) is 15.9 Å². The number of carboxylic acid groups (broad SMARTS) is 1. The number of carboxylic acids is 1. The van der Waals surface area contributed by atoms with Crippen molar-refractivity contribution >= 4 is 27.6 Å². The Hall–Kier alpha value is -1.97. The van der Waals surface area contributed by atoms with Crippen LogP contribution in [0.3, 0.4) is 0 Å². The Morgan fingerprint density at radius 1 is 1.11 bits per heavy atom. The highest BCUT2D eigenvalue weighted by molar-refractivity contribution is 7.89. The molecule has 0 aromatic heterocycles. The molecular formula is C19H24N2O6S. The minimum atomic E-state index is -3.66. The number of hydrogen-bond donors (Lipinski definition) is 2. The molecule has 0 radical (unpaired) electrons. The van der Waals surface area contributed by atoms with Crippen LogP contribution in [0.15, 0.2) is 29.2 Å². The van der Waals surface area contributed by atoms with Crippen molar-refractivity contribution in [1.29, 1.82) is 0 Å². The lowest BCUT2D eigenvalue weighted by Crippen LogP contribution is -2.40. The summed E-state index contributed by atoms with van der Waals surface area (Å²) in [6.07, 6.45) is 2.51. The minimum absolute atomic E-state index is 0.0614. The fraction of sp³-hybridized carbons (Fsp3) is 0.579. The van der Waals surface area contributed by atoms with Crippen molar-refractivity contribution in [2.45, 2.75) is 24.2 Å². The highest BCUT2D eigenvalue weighted by Gasteiger charge is 2.54. The van der Waals surface area contributed by atoms with E-state index in [0.717, 1.165) is 19.3 Å². The van der Waals surface area contributed by atoms with Crippen LogP contribution in [-0.4, -0.2) is 56.0 Å². The second-order valence-corrected chi connectivity index (χ2v) is 9.69. The number of amides is 1. The van der Waals surface area contributed by atoms with Gasteiger partial charge in [-0.05, 0) is 49.3 Å². The van der Waals surface area contributed by atoms with Crippen LogP contribution >= 0.6 is 0 Å². The molecule has 9 heteroatoms. The second kappa shape index (κ2) is 7.46. The lowest BCUT2D eigenvalue weighted by atomic mass is 9.78. The number of morpholine rings is 1. The van der Waals surface area contributed by atoms with Crippen LogP contribution in [0, 0.1) is 23.7 Å². The Morgan fingerprint density at radius 3 is 2.46 bits per heavy atom. The Kier molecular flexibility index (Phi) is 5.15. The maximum Gasteiger partial charge on any atom is 0.307 e. The maximum absolute atomic E-state index is 12.8. The van der Waals surface area contributed by atoms with Gasteiger partial charge in [0.25, 0.3) is 0 Å². The third-order valence-corrected chi connectivity index (χ3v) is 8.11. The first-order valence-corrected chi connectivity index (χ1v) is 11.0. The lowest BCUT2D eigenvalue weighted by Gasteiger charge is -2.27. The van der Waals surface area contributed by atoms with Crippen molar-refractivity contribution in [3.63, 3.8) is 0 Å². The fourth-order valence-corrected chi connectivity index (χ4v) is 6.37. The van der Waals surface area contributed by atoms with Crippen LogP contribution in [0.4, 0.5) is 5.69 Å². The number of sulfonamides is 1. The number of nitrogens with zero attached hydrogens (tertiary/aromatic N) is 1. The van der Waals surface area contributed by atoms with Crippen LogP contribution in [0.2, 0.25) is 0 Å². The summed E-state index contributed by atoms with van der Waals surface area (Å²) >= 11 is 0. The monoisotopic (exact) mass is 408 g/mol. The van der Waals surface area contributed by atoms with Gasteiger partial charge in [0, 0.05) is 18.8 Å². The van der Waals surface area contributed by atoms with E-state index in [4.69, 9.17) is 4.74 Å². The zero-order chi connectivity index (χ0) is 19.9. The standard InChI is InChI=1S/C19H24N2O6S/c22-18(16-12-4-5-13(10-12)17(16)19(23)24)20-14-2-1-3-15(11-14)28(25,26)21-6-8-27-9-7-21/h1-3,11-13,16-17H,4-10H2,(H,20,22)(H,23,24)/t12-,13+,16-,17+/m0/s1. The van der Waals surface area contributed by atoms with E-state index in [1.807, 2.05) is 0 Å². The predicted octanol–water partition coefficient (Wildman–Crippen LogP) is 1.39. The number of carbonyl (C=O) groups excluding carboxylic acids is 1. The summed E-state index contributed by atoms with van der Waals surface area (Å²) < 4.78 is 32.2. The van der Waals surface area contributed by atoms with Crippen molar-refractivity contribution in [3.05, 3.63) is 24.3 Å². The third kappa shape index (κ3) is 3.42. The number of ether oxygens (including phenoxy) is 1. The number of fused-ring (bicyclic) bond motifs is 2. The summed E-state index contributed by atoms with van der Waals surface area (Å²) in [6.45, 7) is 1.31. The number of hydrogen-bond acceptors (Lipinski definition) is 5. The molecule has 2 aliphatic carbocycles. The van der Waals surface area contributed by atoms with E-state index in [9.17, 15) is 23.1 Å². The van der Waals surface area contributed by atoms with Crippen LogP contribution in [0.5, 0.6) is 0 Å². The summed E-state index contributed by atoms with van der Waals surface area (Å²) in [5, 5.41) is 12.3. The van der Waals surface area contributed by atoms with Crippen molar-refractivity contribution in [3.8, 4) is 0 Å². The van der Waals surface area contributed by atoms with Crippen LogP contribution in [0.1, 0.15) is 19.3 Å². The lowest BCUT2D eigenvalue weighted by molar-refractivity contribution is -0.148. The molecule has 1 amide bonds. The quantitative estimate of drug-likeness (QED) is 0.761. The van der Waals surface area contributed by atoms with Crippen LogP contribution < -0.4 is 5.32 Å². The molecule has 0 spiro atoms. The van der Waals surface area contributed by atoms with Gasteiger partial charge in [-0.25, -0.2) is 8.42 Å². The topological polar surface area (TPSA) is 113 Å². The second-order valence-electron chi connectivity index (χ2n) is 7.76. The molecule has 1 aliphatic heterocycles. The number of rotatable bonds is 5. The Balaban J connectivity index is 1.52. The average Bonchev–Trinajstić information content (AvgIpc) is 3.30. The van der Waals surface area contributed by atoms with Gasteiger partial charge in [0.05, 0.1) is 29.9 Å². The molecule has 0 unspecified atom stereocenters. The van der Waals surface area contributed by atoms with Gasteiger partial charge in [-0.15, -0.1) is 0 Å². The molecule has 2 saturated carbocycles. The van der Waals surface area contributed by atoms with Gasteiger partial charge in [-0.2, -0.15) is 4.31 Å². The van der Waals surface area contributed by atoms with Gasteiger partial charge >= 0.3 is 5.97 Å².